The summed E-state index contributed by atoms with van der Waals surface area (Å²) in [7, 11) is 0. The third-order valence-corrected chi connectivity index (χ3v) is 3.87. The number of amides is 1. The smallest absolute Gasteiger partial charge is 0.321 e. The van der Waals surface area contributed by atoms with E-state index in [0.717, 1.165) is 10.8 Å². The molecule has 26 heavy (non-hydrogen) atoms. The van der Waals surface area contributed by atoms with Gasteiger partial charge in [0.2, 0.25) is 11.5 Å². The van der Waals surface area contributed by atoms with Crippen molar-refractivity contribution in [2.24, 2.45) is 10.2 Å². The van der Waals surface area contributed by atoms with E-state index in [9.17, 15) is 4.79 Å². The zero-order chi connectivity index (χ0) is 17.7. The van der Waals surface area contributed by atoms with Crippen molar-refractivity contribution >= 4 is 50.4 Å². The Bertz CT molecular complexity index is 1330. The third kappa shape index (κ3) is 1.97. The molecule has 0 aliphatic carbocycles. The predicted molar refractivity (Wildman–Crippen MR) is 88.7 cm³/mol. The van der Waals surface area contributed by atoms with Crippen LogP contribution in [0.3, 0.4) is 0 Å². The summed E-state index contributed by atoms with van der Waals surface area (Å²) in [6, 6.07) is 7.47. The highest BCUT2D eigenvalue weighted by Gasteiger charge is 2.19. The largest absolute Gasteiger partial charge is 0.386 e. The SMILES string of the molecule is Nc1nonc1C(=O)N=Nc1c2ccccc2c2nc3co[nH]c3nc12. The standard InChI is InChI=1S/C15H8N8O3/c16-13-12(21-26-22-13)15(24)20-19-10-7-4-2-1-3-6(7)9-11(10)18-14-8(17-9)5-25-23-14/h1-5H,(H2,16,22)(H,18,23). The Kier molecular flexibility index (Phi) is 2.83. The van der Waals surface area contributed by atoms with Crippen molar-refractivity contribution in [1.82, 2.24) is 25.4 Å². The van der Waals surface area contributed by atoms with E-state index in [1.807, 2.05) is 24.3 Å². The van der Waals surface area contributed by atoms with Crippen LogP contribution in [0.5, 0.6) is 0 Å². The fraction of sp³-hybridized carbons (Fsp3) is 0. The van der Waals surface area contributed by atoms with Crippen LogP contribution in [0.15, 0.2) is 49.9 Å². The molecule has 126 valence electrons. The maximum absolute atomic E-state index is 12.1. The van der Waals surface area contributed by atoms with E-state index in [2.05, 4.69) is 40.3 Å². The molecule has 0 atom stereocenters. The maximum Gasteiger partial charge on any atom is 0.321 e. The van der Waals surface area contributed by atoms with Crippen molar-refractivity contribution in [1.29, 1.82) is 0 Å². The van der Waals surface area contributed by atoms with E-state index in [0.29, 0.717) is 27.9 Å². The molecule has 3 heterocycles. The van der Waals surface area contributed by atoms with Crippen molar-refractivity contribution in [2.75, 3.05) is 5.73 Å². The summed E-state index contributed by atoms with van der Waals surface area (Å²) in [5, 5.41) is 18.7. The lowest BCUT2D eigenvalue weighted by molar-refractivity contribution is 0.0986. The Labute approximate surface area is 142 Å². The molecule has 5 aromatic rings. The molecule has 0 aliphatic heterocycles. The first-order valence-corrected chi connectivity index (χ1v) is 7.40. The number of nitrogens with one attached hydrogen (secondary N) is 1. The summed E-state index contributed by atoms with van der Waals surface area (Å²) in [6.45, 7) is 0. The van der Waals surface area contributed by atoms with Gasteiger partial charge in [0.15, 0.2) is 5.65 Å². The van der Waals surface area contributed by atoms with Gasteiger partial charge in [-0.25, -0.2) is 19.8 Å². The Balaban J connectivity index is 1.73. The fourth-order valence-electron chi connectivity index (χ4n) is 2.71. The monoisotopic (exact) mass is 348 g/mol. The van der Waals surface area contributed by atoms with Crippen LogP contribution >= 0.6 is 0 Å². The topological polar surface area (TPSA) is 161 Å². The molecule has 3 N–H and O–H groups in total. The van der Waals surface area contributed by atoms with Gasteiger partial charge in [-0.1, -0.05) is 24.3 Å². The number of anilines is 1. The highest BCUT2D eigenvalue weighted by Crippen LogP contribution is 2.38. The number of aromatic nitrogens is 5. The van der Waals surface area contributed by atoms with Crippen LogP contribution in [0.1, 0.15) is 10.5 Å². The van der Waals surface area contributed by atoms with Crippen molar-refractivity contribution in [2.45, 2.75) is 0 Å². The van der Waals surface area contributed by atoms with Gasteiger partial charge in [0.05, 0.1) is 5.52 Å². The molecule has 0 saturated heterocycles. The van der Waals surface area contributed by atoms with Crippen molar-refractivity contribution in [3.8, 4) is 0 Å². The van der Waals surface area contributed by atoms with Crippen molar-refractivity contribution < 1.29 is 13.9 Å². The van der Waals surface area contributed by atoms with Crippen LogP contribution in [0.4, 0.5) is 11.5 Å². The average Bonchev–Trinajstić information content (AvgIpc) is 3.35. The van der Waals surface area contributed by atoms with Gasteiger partial charge < -0.3 is 10.3 Å². The van der Waals surface area contributed by atoms with Crippen LogP contribution in [-0.4, -0.2) is 31.3 Å². The van der Waals surface area contributed by atoms with Crippen LogP contribution in [0.2, 0.25) is 0 Å². The molecule has 0 unspecified atom stereocenters. The molecule has 2 aromatic carbocycles. The van der Waals surface area contributed by atoms with E-state index in [4.69, 9.17) is 10.3 Å². The first kappa shape index (κ1) is 14.2. The molecule has 11 heteroatoms. The summed E-state index contributed by atoms with van der Waals surface area (Å²) in [6.07, 6.45) is 1.47. The molecule has 0 aliphatic rings. The Morgan fingerprint density at radius 1 is 1.12 bits per heavy atom. The Morgan fingerprint density at radius 3 is 2.77 bits per heavy atom. The van der Waals surface area contributed by atoms with Gasteiger partial charge in [-0.2, -0.15) is 0 Å². The molecule has 0 radical (unpaired) electrons. The van der Waals surface area contributed by atoms with E-state index < -0.39 is 5.91 Å². The number of nitrogens with two attached hydrogens (primary N) is 1. The Morgan fingerprint density at radius 2 is 1.96 bits per heavy atom. The first-order chi connectivity index (χ1) is 12.7. The van der Waals surface area contributed by atoms with Gasteiger partial charge in [-0.15, -0.1) is 10.2 Å². The predicted octanol–water partition coefficient (Wildman–Crippen LogP) is 2.75. The van der Waals surface area contributed by atoms with E-state index in [1.165, 1.54) is 6.26 Å². The second-order valence-electron chi connectivity index (χ2n) is 5.39. The number of fused-ring (bicyclic) bond motifs is 4. The molecule has 0 bridgehead atoms. The number of hydrogen-bond acceptors (Lipinski definition) is 9. The minimum Gasteiger partial charge on any atom is -0.386 e. The lowest BCUT2D eigenvalue weighted by atomic mass is 10.2. The van der Waals surface area contributed by atoms with Crippen LogP contribution in [0, 0.1) is 0 Å². The van der Waals surface area contributed by atoms with Gasteiger partial charge >= 0.3 is 5.91 Å². The number of rotatable bonds is 2. The van der Waals surface area contributed by atoms with Gasteiger partial charge in [0, 0.05) is 10.8 Å². The molecule has 3 aromatic heterocycles. The van der Waals surface area contributed by atoms with Crippen LogP contribution in [0.25, 0.3) is 33.0 Å². The van der Waals surface area contributed by atoms with E-state index in [1.54, 1.807) is 0 Å². The second-order valence-corrected chi connectivity index (χ2v) is 5.39. The fourth-order valence-corrected chi connectivity index (χ4v) is 2.71. The maximum atomic E-state index is 12.1. The number of azo groups is 1. The molecule has 11 nitrogen and oxygen atoms in total. The third-order valence-electron chi connectivity index (χ3n) is 3.87. The van der Waals surface area contributed by atoms with Gasteiger partial charge in [0.1, 0.15) is 23.0 Å². The molecular formula is C15H8N8O3. The van der Waals surface area contributed by atoms with E-state index in [-0.39, 0.29) is 11.5 Å². The van der Waals surface area contributed by atoms with Crippen LogP contribution in [-0.2, 0) is 0 Å². The number of carbonyl (C=O) groups excluding carboxylic acids is 1. The second kappa shape index (κ2) is 5.17. The first-order valence-electron chi connectivity index (χ1n) is 7.40. The van der Waals surface area contributed by atoms with Gasteiger partial charge in [-0.3, -0.25) is 4.79 Å². The number of aromatic amines is 1. The summed E-state index contributed by atoms with van der Waals surface area (Å²) < 4.78 is 9.42. The van der Waals surface area contributed by atoms with Gasteiger partial charge in [-0.05, 0) is 10.3 Å². The zero-order valence-corrected chi connectivity index (χ0v) is 12.9. The quantitative estimate of drug-likeness (QED) is 0.460. The molecule has 0 saturated carbocycles. The molecular weight excluding hydrogens is 340 g/mol. The van der Waals surface area contributed by atoms with Gasteiger partial charge in [0.25, 0.3) is 0 Å². The minimum atomic E-state index is -0.772. The van der Waals surface area contributed by atoms with Crippen molar-refractivity contribution in [3.05, 3.63) is 36.2 Å². The summed E-state index contributed by atoms with van der Waals surface area (Å²) >= 11 is 0. The number of benzene rings is 1. The number of carbonyl (C=O) groups is 1. The molecule has 0 spiro atoms. The molecule has 1 amide bonds. The minimum absolute atomic E-state index is 0.152. The molecule has 5 rings (SSSR count). The number of nitrogens with zero attached hydrogens (tertiary/aromatic N) is 6. The number of hydrogen-bond donors (Lipinski definition) is 2. The van der Waals surface area contributed by atoms with E-state index >= 15 is 0 Å². The highest BCUT2D eigenvalue weighted by atomic mass is 16.6. The van der Waals surface area contributed by atoms with Crippen LogP contribution < -0.4 is 5.73 Å². The zero-order valence-electron chi connectivity index (χ0n) is 12.9. The summed E-state index contributed by atoms with van der Waals surface area (Å²) in [4.78, 5) is 21.1. The number of nitrogen functional groups attached to an aromatic ring is 1. The normalized spacial score (nSPS) is 12.0. The summed E-state index contributed by atoms with van der Waals surface area (Å²) in [5.74, 6) is -0.924. The average molecular weight is 348 g/mol. The molecule has 0 fully saturated rings. The summed E-state index contributed by atoms with van der Waals surface area (Å²) in [5.41, 5.74) is 7.85. The van der Waals surface area contributed by atoms with Crippen molar-refractivity contribution in [3.63, 3.8) is 0 Å². The lowest BCUT2D eigenvalue weighted by Gasteiger charge is -1.92. The highest BCUT2D eigenvalue weighted by molar-refractivity contribution is 6.19. The Hall–Kier alpha value is -4.15. The number of H-pyrrole nitrogens is 1. The lowest BCUT2D eigenvalue weighted by Crippen LogP contribution is -1.99.